The van der Waals surface area contributed by atoms with E-state index in [1.807, 2.05) is 6.07 Å². The first kappa shape index (κ1) is 14.4. The van der Waals surface area contributed by atoms with E-state index in [1.165, 1.54) is 13.0 Å². The minimum Gasteiger partial charge on any atom is -0.388 e. The quantitative estimate of drug-likeness (QED) is 0.821. The lowest BCUT2D eigenvalue weighted by molar-refractivity contribution is 0.127. The van der Waals surface area contributed by atoms with Gasteiger partial charge in [-0.15, -0.1) is 0 Å². The van der Waals surface area contributed by atoms with E-state index in [9.17, 15) is 0 Å². The van der Waals surface area contributed by atoms with E-state index in [1.54, 1.807) is 6.20 Å². The van der Waals surface area contributed by atoms with Gasteiger partial charge in [0.05, 0.1) is 0 Å². The van der Waals surface area contributed by atoms with E-state index < -0.39 is 0 Å². The van der Waals surface area contributed by atoms with E-state index in [2.05, 4.69) is 27.8 Å². The summed E-state index contributed by atoms with van der Waals surface area (Å²) in [6, 6.07) is 4.02. The number of pyridine rings is 1. The van der Waals surface area contributed by atoms with Crippen molar-refractivity contribution in [1.82, 2.24) is 14.8 Å². The molecule has 0 spiro atoms. The van der Waals surface area contributed by atoms with Gasteiger partial charge in [-0.1, -0.05) is 25.2 Å². The molecule has 1 aliphatic rings. The zero-order valence-corrected chi connectivity index (χ0v) is 12.3. The van der Waals surface area contributed by atoms with E-state index in [0.717, 1.165) is 44.0 Å². The van der Waals surface area contributed by atoms with Crippen LogP contribution in [0.1, 0.15) is 24.6 Å². The van der Waals surface area contributed by atoms with Crippen LogP contribution in [0.3, 0.4) is 0 Å². The normalized spacial score (nSPS) is 17.5. The molecule has 0 radical (unpaired) electrons. The molecule has 0 bridgehead atoms. The van der Waals surface area contributed by atoms with Crippen molar-refractivity contribution in [1.29, 1.82) is 0 Å². The maximum absolute atomic E-state index is 5.72. The van der Waals surface area contributed by atoms with Crippen molar-refractivity contribution in [2.45, 2.75) is 19.9 Å². The summed E-state index contributed by atoms with van der Waals surface area (Å²) in [4.78, 5) is 9.65. The summed E-state index contributed by atoms with van der Waals surface area (Å²) in [5.74, 6) is 0. The average molecular weight is 278 g/mol. The largest absolute Gasteiger partial charge is 0.388 e. The van der Waals surface area contributed by atoms with Crippen molar-refractivity contribution in [3.05, 3.63) is 29.6 Å². The van der Waals surface area contributed by atoms with Crippen molar-refractivity contribution >= 4 is 17.2 Å². The van der Waals surface area contributed by atoms with Crippen molar-refractivity contribution in [3.8, 4) is 0 Å². The van der Waals surface area contributed by atoms with Crippen LogP contribution < -0.4 is 5.73 Å². The van der Waals surface area contributed by atoms with Crippen LogP contribution in [-0.4, -0.2) is 52.5 Å². The summed E-state index contributed by atoms with van der Waals surface area (Å²) >= 11 is 5.06. The zero-order chi connectivity index (χ0) is 13.7. The third-order valence-electron chi connectivity index (χ3n) is 3.52. The summed E-state index contributed by atoms with van der Waals surface area (Å²) in [5, 5.41) is 0. The monoisotopic (exact) mass is 278 g/mol. The lowest BCUT2D eigenvalue weighted by Crippen LogP contribution is -2.46. The van der Waals surface area contributed by atoms with Crippen LogP contribution in [-0.2, 0) is 6.54 Å². The molecule has 1 aromatic heterocycles. The first-order valence-corrected chi connectivity index (χ1v) is 7.30. The Morgan fingerprint density at radius 3 is 2.63 bits per heavy atom. The Hall–Kier alpha value is -1.04. The number of hydrogen-bond donors (Lipinski definition) is 1. The number of thiocarbonyl (C=S) groups is 1. The van der Waals surface area contributed by atoms with Gasteiger partial charge in [0.15, 0.2) is 0 Å². The number of rotatable bonds is 5. The molecule has 0 unspecified atom stereocenters. The molecule has 0 aliphatic carbocycles. The Kier molecular flexibility index (Phi) is 5.24. The molecule has 0 saturated carbocycles. The van der Waals surface area contributed by atoms with Gasteiger partial charge in [0, 0.05) is 38.9 Å². The second-order valence-electron chi connectivity index (χ2n) is 4.99. The maximum Gasteiger partial charge on any atom is 0.123 e. The number of aromatic nitrogens is 1. The Balaban J connectivity index is 1.94. The summed E-state index contributed by atoms with van der Waals surface area (Å²) in [5.41, 5.74) is 7.63. The van der Waals surface area contributed by atoms with Gasteiger partial charge in [0.2, 0.25) is 0 Å². The molecule has 1 saturated heterocycles. The molecular formula is C14H22N4S. The molecule has 1 aromatic rings. The van der Waals surface area contributed by atoms with Crippen LogP contribution in [0.15, 0.2) is 18.3 Å². The Morgan fingerprint density at radius 2 is 2.00 bits per heavy atom. The van der Waals surface area contributed by atoms with Gasteiger partial charge in [-0.05, 0) is 24.6 Å². The predicted molar refractivity (Wildman–Crippen MR) is 82.1 cm³/mol. The van der Waals surface area contributed by atoms with Gasteiger partial charge in [-0.2, -0.15) is 0 Å². The minimum absolute atomic E-state index is 0.389. The fourth-order valence-corrected chi connectivity index (χ4v) is 2.70. The van der Waals surface area contributed by atoms with Crippen molar-refractivity contribution in [2.24, 2.45) is 5.73 Å². The average Bonchev–Trinajstić information content (AvgIpc) is 2.42. The van der Waals surface area contributed by atoms with Crippen LogP contribution in [0.5, 0.6) is 0 Å². The van der Waals surface area contributed by atoms with Crippen molar-refractivity contribution in [3.63, 3.8) is 0 Å². The number of nitrogens with two attached hydrogens (primary N) is 1. The lowest BCUT2D eigenvalue weighted by atomic mass is 10.1. The van der Waals surface area contributed by atoms with Crippen LogP contribution in [0, 0.1) is 0 Å². The number of nitrogens with zero attached hydrogens (tertiary/aromatic N) is 3. The van der Waals surface area contributed by atoms with Gasteiger partial charge >= 0.3 is 0 Å². The van der Waals surface area contributed by atoms with E-state index in [0.29, 0.717) is 4.99 Å². The first-order chi connectivity index (χ1) is 9.20. The lowest BCUT2D eigenvalue weighted by Gasteiger charge is -2.34. The van der Waals surface area contributed by atoms with Crippen molar-refractivity contribution < 1.29 is 0 Å². The topological polar surface area (TPSA) is 45.4 Å². The van der Waals surface area contributed by atoms with Crippen LogP contribution in [0.4, 0.5) is 0 Å². The second kappa shape index (κ2) is 6.93. The molecule has 2 N–H and O–H groups in total. The van der Waals surface area contributed by atoms with Gasteiger partial charge in [0.25, 0.3) is 0 Å². The third-order valence-corrected chi connectivity index (χ3v) is 3.72. The Morgan fingerprint density at radius 1 is 1.32 bits per heavy atom. The Bertz CT molecular complexity index is 427. The molecule has 4 nitrogen and oxygen atoms in total. The van der Waals surface area contributed by atoms with Gasteiger partial charge in [-0.3, -0.25) is 9.88 Å². The zero-order valence-electron chi connectivity index (χ0n) is 11.5. The molecule has 1 aliphatic heterocycles. The molecule has 1 fully saturated rings. The molecule has 104 valence electrons. The highest BCUT2D eigenvalue weighted by Gasteiger charge is 2.17. The summed E-state index contributed by atoms with van der Waals surface area (Å²) in [6.45, 7) is 8.83. The van der Waals surface area contributed by atoms with E-state index in [-0.39, 0.29) is 0 Å². The number of hydrogen-bond acceptors (Lipinski definition) is 4. The van der Waals surface area contributed by atoms with Crippen LogP contribution >= 0.6 is 12.2 Å². The standard InChI is InChI=1S/C14H22N4S/c1-2-6-17-7-9-18(10-8-17)11-12-4-3-5-16-13(12)14(15)19/h3-5H,2,6-11H2,1H3,(H2,15,19). The smallest absolute Gasteiger partial charge is 0.123 e. The molecule has 0 atom stereocenters. The highest BCUT2D eigenvalue weighted by Crippen LogP contribution is 2.11. The molecule has 0 amide bonds. The van der Waals surface area contributed by atoms with Crippen LogP contribution in [0.2, 0.25) is 0 Å². The molecule has 2 heterocycles. The second-order valence-corrected chi connectivity index (χ2v) is 5.43. The minimum atomic E-state index is 0.389. The molecule has 5 heteroatoms. The summed E-state index contributed by atoms with van der Waals surface area (Å²) in [6.07, 6.45) is 2.98. The van der Waals surface area contributed by atoms with E-state index in [4.69, 9.17) is 18.0 Å². The number of piperazine rings is 1. The summed E-state index contributed by atoms with van der Waals surface area (Å²) < 4.78 is 0. The summed E-state index contributed by atoms with van der Waals surface area (Å²) in [7, 11) is 0. The van der Waals surface area contributed by atoms with Crippen LogP contribution in [0.25, 0.3) is 0 Å². The fourth-order valence-electron chi connectivity index (χ4n) is 2.52. The predicted octanol–water partition coefficient (Wildman–Crippen LogP) is 1.24. The SMILES string of the molecule is CCCN1CCN(Cc2cccnc2C(N)=S)CC1. The first-order valence-electron chi connectivity index (χ1n) is 6.89. The molecule has 19 heavy (non-hydrogen) atoms. The van der Waals surface area contributed by atoms with Gasteiger partial charge in [0.1, 0.15) is 10.7 Å². The molecule has 2 rings (SSSR count). The van der Waals surface area contributed by atoms with Crippen molar-refractivity contribution in [2.75, 3.05) is 32.7 Å². The Labute approximate surface area is 120 Å². The van der Waals surface area contributed by atoms with Gasteiger partial charge in [-0.25, -0.2) is 0 Å². The molecular weight excluding hydrogens is 256 g/mol. The van der Waals surface area contributed by atoms with E-state index >= 15 is 0 Å². The maximum atomic E-state index is 5.72. The third kappa shape index (κ3) is 3.96. The fraction of sp³-hybridized carbons (Fsp3) is 0.571. The highest BCUT2D eigenvalue weighted by molar-refractivity contribution is 7.80. The molecule has 0 aromatic carbocycles. The van der Waals surface area contributed by atoms with Gasteiger partial charge < -0.3 is 10.6 Å². The highest BCUT2D eigenvalue weighted by atomic mass is 32.1.